The van der Waals surface area contributed by atoms with Crippen LogP contribution in [0, 0.1) is 5.92 Å². The zero-order valence-electron chi connectivity index (χ0n) is 15.1. The molecule has 25 heavy (non-hydrogen) atoms. The Kier molecular flexibility index (Phi) is 8.99. The van der Waals surface area contributed by atoms with Gasteiger partial charge in [-0.1, -0.05) is 87.2 Å². The molecule has 2 aromatic rings. The first-order valence-corrected chi connectivity index (χ1v) is 11.1. The van der Waals surface area contributed by atoms with Gasteiger partial charge < -0.3 is 0 Å². The van der Waals surface area contributed by atoms with Gasteiger partial charge in [-0.2, -0.15) is 23.5 Å². The maximum Gasteiger partial charge on any atom is 0.0184 e. The van der Waals surface area contributed by atoms with Gasteiger partial charge in [0.25, 0.3) is 0 Å². The Bertz CT molecular complexity index is 618. The van der Waals surface area contributed by atoms with Crippen LogP contribution in [0.15, 0.2) is 61.7 Å². The largest absolute Gasteiger partial charge is 0.157 e. The van der Waals surface area contributed by atoms with E-state index < -0.39 is 0 Å². The van der Waals surface area contributed by atoms with Crippen molar-refractivity contribution in [2.45, 2.75) is 24.9 Å². The molecule has 0 aliphatic carbocycles. The lowest BCUT2D eigenvalue weighted by molar-refractivity contribution is 0.647. The zero-order chi connectivity index (χ0) is 17.9. The summed E-state index contributed by atoms with van der Waals surface area (Å²) in [6, 6.07) is 17.4. The lowest BCUT2D eigenvalue weighted by Gasteiger charge is -2.14. The minimum Gasteiger partial charge on any atom is -0.157 e. The highest BCUT2D eigenvalue weighted by Crippen LogP contribution is 2.23. The molecule has 0 amide bonds. The summed E-state index contributed by atoms with van der Waals surface area (Å²) in [4.78, 5) is 0. The molecule has 0 unspecified atom stereocenters. The molecule has 0 aromatic heterocycles. The quantitative estimate of drug-likeness (QED) is 0.412. The van der Waals surface area contributed by atoms with Gasteiger partial charge in [0.15, 0.2) is 0 Å². The standard InChI is InChI=1S/C23H28S2/c1-4-19-9-7-11-22(13-19)17-24-15-21(6-3)16-25-18-23-12-8-10-20(5-2)14-23/h4-5,7-14,21H,1-2,6,15-18H2,3H3. The third-order valence-corrected chi connectivity index (χ3v) is 6.68. The molecule has 0 aliphatic rings. The molecule has 0 heterocycles. The lowest BCUT2D eigenvalue weighted by atomic mass is 10.1. The Balaban J connectivity index is 1.72. The lowest BCUT2D eigenvalue weighted by Crippen LogP contribution is -2.06. The molecule has 0 saturated heterocycles. The van der Waals surface area contributed by atoms with Crippen molar-refractivity contribution in [1.82, 2.24) is 0 Å². The summed E-state index contributed by atoms with van der Waals surface area (Å²) < 4.78 is 0. The Morgan fingerprint density at radius 3 is 1.72 bits per heavy atom. The summed E-state index contributed by atoms with van der Waals surface area (Å²) in [6.07, 6.45) is 5.08. The third kappa shape index (κ3) is 7.17. The number of hydrogen-bond donors (Lipinski definition) is 0. The minimum atomic E-state index is 0.778. The molecule has 132 valence electrons. The van der Waals surface area contributed by atoms with Crippen LogP contribution in [-0.2, 0) is 11.5 Å². The first-order chi connectivity index (χ1) is 12.2. The fourth-order valence-electron chi connectivity index (χ4n) is 2.59. The van der Waals surface area contributed by atoms with Crippen molar-refractivity contribution in [3.05, 3.63) is 83.9 Å². The van der Waals surface area contributed by atoms with Crippen LogP contribution in [-0.4, -0.2) is 11.5 Å². The van der Waals surface area contributed by atoms with Crippen molar-refractivity contribution < 1.29 is 0 Å². The highest BCUT2D eigenvalue weighted by Gasteiger charge is 2.07. The molecular formula is C23H28S2. The second kappa shape index (κ2) is 11.3. The van der Waals surface area contributed by atoms with Crippen LogP contribution in [0.4, 0.5) is 0 Å². The molecule has 0 radical (unpaired) electrons. The van der Waals surface area contributed by atoms with Gasteiger partial charge in [-0.25, -0.2) is 0 Å². The van der Waals surface area contributed by atoms with E-state index in [-0.39, 0.29) is 0 Å². The predicted octanol–water partition coefficient (Wildman–Crippen LogP) is 7.17. The van der Waals surface area contributed by atoms with Crippen molar-refractivity contribution in [2.75, 3.05) is 11.5 Å². The van der Waals surface area contributed by atoms with Crippen LogP contribution in [0.1, 0.15) is 35.6 Å². The zero-order valence-corrected chi connectivity index (χ0v) is 16.8. The molecule has 2 aromatic carbocycles. The fourth-order valence-corrected chi connectivity index (χ4v) is 5.18. The SMILES string of the molecule is C=Cc1cccc(CSCC(CC)CSCc2cccc(C=C)c2)c1. The maximum absolute atomic E-state index is 3.85. The van der Waals surface area contributed by atoms with Gasteiger partial charge in [-0.05, 0) is 39.7 Å². The summed E-state index contributed by atoms with van der Waals surface area (Å²) >= 11 is 4.10. The molecule has 0 atom stereocenters. The summed E-state index contributed by atoms with van der Waals surface area (Å²) in [5.41, 5.74) is 5.21. The van der Waals surface area contributed by atoms with Gasteiger partial charge in [0, 0.05) is 11.5 Å². The van der Waals surface area contributed by atoms with Gasteiger partial charge >= 0.3 is 0 Å². The molecule has 2 heteroatoms. The Morgan fingerprint density at radius 2 is 1.32 bits per heavy atom. The highest BCUT2D eigenvalue weighted by atomic mass is 32.2. The van der Waals surface area contributed by atoms with E-state index >= 15 is 0 Å². The van der Waals surface area contributed by atoms with Crippen LogP contribution in [0.2, 0.25) is 0 Å². The first-order valence-electron chi connectivity index (χ1n) is 8.83. The van der Waals surface area contributed by atoms with E-state index in [2.05, 4.69) is 68.6 Å². The van der Waals surface area contributed by atoms with Crippen molar-refractivity contribution in [3.63, 3.8) is 0 Å². The minimum absolute atomic E-state index is 0.778. The average Bonchev–Trinajstić information content (AvgIpc) is 2.67. The van der Waals surface area contributed by atoms with Gasteiger partial charge in [-0.15, -0.1) is 0 Å². The Morgan fingerprint density at radius 1 is 0.840 bits per heavy atom. The molecule has 0 fully saturated rings. The monoisotopic (exact) mass is 368 g/mol. The second-order valence-corrected chi connectivity index (χ2v) is 8.26. The molecule has 0 spiro atoms. The molecule has 0 aliphatic heterocycles. The number of benzene rings is 2. The summed E-state index contributed by atoms with van der Waals surface area (Å²) in [5.74, 6) is 5.41. The van der Waals surface area contributed by atoms with Gasteiger partial charge in [-0.3, -0.25) is 0 Å². The van der Waals surface area contributed by atoms with Crippen LogP contribution < -0.4 is 0 Å². The van der Waals surface area contributed by atoms with E-state index in [4.69, 9.17) is 0 Å². The first kappa shape index (κ1) is 19.9. The molecule has 0 N–H and O–H groups in total. The van der Waals surface area contributed by atoms with Crippen molar-refractivity contribution >= 4 is 35.7 Å². The average molecular weight is 369 g/mol. The smallest absolute Gasteiger partial charge is 0.0184 e. The van der Waals surface area contributed by atoms with Crippen molar-refractivity contribution in [2.24, 2.45) is 5.92 Å². The Hall–Kier alpha value is -1.38. The van der Waals surface area contributed by atoms with E-state index in [0.717, 1.165) is 17.4 Å². The molecular weight excluding hydrogens is 340 g/mol. The summed E-state index contributed by atoms with van der Waals surface area (Å²) in [7, 11) is 0. The van der Waals surface area contributed by atoms with E-state index in [1.54, 1.807) is 0 Å². The fraction of sp³-hybridized carbons (Fsp3) is 0.304. The van der Waals surface area contributed by atoms with E-state index in [1.807, 2.05) is 35.7 Å². The van der Waals surface area contributed by atoms with E-state index in [1.165, 1.54) is 40.2 Å². The number of hydrogen-bond acceptors (Lipinski definition) is 2. The normalized spacial score (nSPS) is 10.8. The molecule has 0 nitrogen and oxygen atoms in total. The van der Waals surface area contributed by atoms with Gasteiger partial charge in [0.2, 0.25) is 0 Å². The van der Waals surface area contributed by atoms with Crippen molar-refractivity contribution in [1.29, 1.82) is 0 Å². The predicted molar refractivity (Wildman–Crippen MR) is 119 cm³/mol. The van der Waals surface area contributed by atoms with Crippen molar-refractivity contribution in [3.8, 4) is 0 Å². The molecule has 0 saturated carbocycles. The van der Waals surface area contributed by atoms with E-state index in [9.17, 15) is 0 Å². The topological polar surface area (TPSA) is 0 Å². The number of rotatable bonds is 11. The summed E-state index contributed by atoms with van der Waals surface area (Å²) in [6.45, 7) is 10.0. The highest BCUT2D eigenvalue weighted by molar-refractivity contribution is 7.99. The second-order valence-electron chi connectivity index (χ2n) is 6.20. The van der Waals surface area contributed by atoms with Crippen LogP contribution in [0.5, 0.6) is 0 Å². The van der Waals surface area contributed by atoms with Gasteiger partial charge in [0.05, 0.1) is 0 Å². The molecule has 0 bridgehead atoms. The van der Waals surface area contributed by atoms with E-state index in [0.29, 0.717) is 0 Å². The molecule has 2 rings (SSSR count). The summed E-state index contributed by atoms with van der Waals surface area (Å²) in [5, 5.41) is 0. The van der Waals surface area contributed by atoms with Crippen LogP contribution in [0.3, 0.4) is 0 Å². The van der Waals surface area contributed by atoms with Gasteiger partial charge in [0.1, 0.15) is 0 Å². The van der Waals surface area contributed by atoms with Crippen LogP contribution in [0.25, 0.3) is 12.2 Å². The number of thioether (sulfide) groups is 2. The Labute approximate surface area is 161 Å². The third-order valence-electron chi connectivity index (χ3n) is 4.20. The van der Waals surface area contributed by atoms with Crippen LogP contribution >= 0.6 is 23.5 Å². The maximum atomic E-state index is 3.85.